The third-order valence-electron chi connectivity index (χ3n) is 3.41. The lowest BCUT2D eigenvalue weighted by Gasteiger charge is -2.31. The Balaban J connectivity index is 2.11. The van der Waals surface area contributed by atoms with E-state index in [-0.39, 0.29) is 24.4 Å². The number of hydrogen-bond donors (Lipinski definition) is 1. The zero-order valence-corrected chi connectivity index (χ0v) is 11.8. The third kappa shape index (κ3) is 3.77. The first-order valence-electron chi connectivity index (χ1n) is 7.05. The summed E-state index contributed by atoms with van der Waals surface area (Å²) in [4.78, 5) is 13.5. The van der Waals surface area contributed by atoms with Crippen LogP contribution in [0.2, 0.25) is 0 Å². The Morgan fingerprint density at radius 1 is 1.45 bits per heavy atom. The van der Waals surface area contributed by atoms with Crippen molar-refractivity contribution in [1.82, 2.24) is 10.2 Å². The van der Waals surface area contributed by atoms with Crippen molar-refractivity contribution in [3.8, 4) is 0 Å². The van der Waals surface area contributed by atoms with Gasteiger partial charge < -0.3 is 15.0 Å². The molecule has 1 atom stereocenters. The van der Waals surface area contributed by atoms with Crippen LogP contribution in [0.5, 0.6) is 0 Å². The highest BCUT2D eigenvalue weighted by molar-refractivity contribution is 5.78. The molecule has 1 unspecified atom stereocenters. The predicted octanol–water partition coefficient (Wildman–Crippen LogP) is 1.73. The molecule has 0 bridgehead atoms. The zero-order valence-electron chi connectivity index (χ0n) is 11.8. The van der Waals surface area contributed by atoms with Gasteiger partial charge in [-0.2, -0.15) is 0 Å². The van der Waals surface area contributed by atoms with Crippen molar-refractivity contribution in [2.45, 2.75) is 19.4 Å². The van der Waals surface area contributed by atoms with Crippen LogP contribution in [-0.4, -0.2) is 43.7 Å². The van der Waals surface area contributed by atoms with Gasteiger partial charge in [-0.05, 0) is 19.0 Å². The summed E-state index contributed by atoms with van der Waals surface area (Å²) in [6, 6.07) is 6.54. The molecule has 1 aliphatic rings. The third-order valence-corrected chi connectivity index (χ3v) is 3.41. The number of nitrogens with one attached hydrogen (secondary N) is 1. The Bertz CT molecular complexity index is 453. The van der Waals surface area contributed by atoms with E-state index in [9.17, 15) is 9.18 Å². The second-order valence-electron chi connectivity index (χ2n) is 4.92. The minimum absolute atomic E-state index is 0.0316. The van der Waals surface area contributed by atoms with Gasteiger partial charge in [0.25, 0.3) is 0 Å². The average Bonchev–Trinajstić information content (AvgIpc) is 2.46. The smallest absolute Gasteiger partial charge is 0.248 e. The number of benzene rings is 1. The molecule has 1 saturated heterocycles. The molecule has 1 aromatic carbocycles. The van der Waals surface area contributed by atoms with Crippen molar-refractivity contribution in [3.05, 3.63) is 35.6 Å². The van der Waals surface area contributed by atoms with E-state index in [1.165, 1.54) is 6.07 Å². The molecule has 4 nitrogen and oxygen atoms in total. The summed E-state index contributed by atoms with van der Waals surface area (Å²) >= 11 is 0. The maximum absolute atomic E-state index is 14.0. The van der Waals surface area contributed by atoms with Crippen LogP contribution in [-0.2, 0) is 9.53 Å². The number of hydrogen-bond acceptors (Lipinski definition) is 3. The van der Waals surface area contributed by atoms with E-state index in [1.54, 1.807) is 17.0 Å². The Kier molecular flexibility index (Phi) is 5.49. The summed E-state index contributed by atoms with van der Waals surface area (Å²) < 4.78 is 19.1. The van der Waals surface area contributed by atoms with E-state index in [0.717, 1.165) is 13.0 Å². The number of morpholine rings is 1. The Morgan fingerprint density at radius 2 is 2.25 bits per heavy atom. The fourth-order valence-electron chi connectivity index (χ4n) is 2.31. The minimum atomic E-state index is -0.234. The van der Waals surface area contributed by atoms with Crippen molar-refractivity contribution < 1.29 is 13.9 Å². The molecule has 2 rings (SSSR count). The summed E-state index contributed by atoms with van der Waals surface area (Å²) in [5.41, 5.74) is 0.611. The molecule has 1 heterocycles. The fourth-order valence-corrected chi connectivity index (χ4v) is 2.31. The average molecular weight is 280 g/mol. The largest absolute Gasteiger partial charge is 0.370 e. The first-order chi connectivity index (χ1) is 9.72. The summed E-state index contributed by atoms with van der Waals surface area (Å²) in [6.07, 6.45) is 0.960. The van der Waals surface area contributed by atoms with Gasteiger partial charge in [-0.15, -0.1) is 0 Å². The van der Waals surface area contributed by atoms with E-state index in [1.807, 2.05) is 6.07 Å². The number of carbonyl (C=O) groups is 1. The van der Waals surface area contributed by atoms with Crippen molar-refractivity contribution in [1.29, 1.82) is 0 Å². The maximum atomic E-state index is 14.0. The minimum Gasteiger partial charge on any atom is -0.370 e. The van der Waals surface area contributed by atoms with Crippen molar-refractivity contribution in [2.75, 3.05) is 32.8 Å². The molecule has 0 aromatic heterocycles. The first-order valence-corrected chi connectivity index (χ1v) is 7.05. The Hall–Kier alpha value is -1.46. The molecule has 0 saturated carbocycles. The van der Waals surface area contributed by atoms with Crippen molar-refractivity contribution >= 4 is 5.91 Å². The Morgan fingerprint density at radius 3 is 2.95 bits per heavy atom. The number of amides is 1. The van der Waals surface area contributed by atoms with Crippen LogP contribution in [0.3, 0.4) is 0 Å². The predicted molar refractivity (Wildman–Crippen MR) is 74.8 cm³/mol. The molecular formula is C15H21FN2O2. The van der Waals surface area contributed by atoms with Crippen LogP contribution in [0.15, 0.2) is 24.3 Å². The molecule has 0 radical (unpaired) electrons. The zero-order chi connectivity index (χ0) is 14.4. The van der Waals surface area contributed by atoms with E-state index in [2.05, 4.69) is 12.2 Å². The number of ether oxygens (including phenoxy) is 1. The van der Waals surface area contributed by atoms with Crippen LogP contribution < -0.4 is 5.32 Å². The Labute approximate surface area is 118 Å². The van der Waals surface area contributed by atoms with E-state index in [0.29, 0.717) is 25.3 Å². The second-order valence-corrected chi connectivity index (χ2v) is 4.92. The molecule has 0 spiro atoms. The highest BCUT2D eigenvalue weighted by Gasteiger charge is 2.24. The summed E-state index contributed by atoms with van der Waals surface area (Å²) in [5.74, 6) is -0.266. The monoisotopic (exact) mass is 280 g/mol. The van der Waals surface area contributed by atoms with Gasteiger partial charge in [0.2, 0.25) is 5.91 Å². The van der Waals surface area contributed by atoms with Crippen molar-refractivity contribution in [2.24, 2.45) is 0 Å². The van der Waals surface area contributed by atoms with Crippen LogP contribution >= 0.6 is 0 Å². The molecule has 1 aromatic rings. The molecule has 1 amide bonds. The molecule has 5 heteroatoms. The molecular weight excluding hydrogens is 259 g/mol. The molecule has 110 valence electrons. The topological polar surface area (TPSA) is 41.6 Å². The standard InChI is InChI=1S/C15H21FN2O2/c1-2-7-17-14(12-5-3-4-6-13(12)16)10-18-8-9-20-11-15(18)19/h3-6,14,17H,2,7-11H2,1H3. The number of rotatable bonds is 6. The van der Waals surface area contributed by atoms with Gasteiger partial charge >= 0.3 is 0 Å². The van der Waals surface area contributed by atoms with Crippen molar-refractivity contribution in [3.63, 3.8) is 0 Å². The molecule has 1 N–H and O–H groups in total. The van der Waals surface area contributed by atoms with Gasteiger partial charge in [0, 0.05) is 18.7 Å². The molecule has 1 fully saturated rings. The maximum Gasteiger partial charge on any atom is 0.248 e. The van der Waals surface area contributed by atoms with Gasteiger partial charge in [-0.1, -0.05) is 25.1 Å². The lowest BCUT2D eigenvalue weighted by molar-refractivity contribution is -0.143. The van der Waals surface area contributed by atoms with E-state index >= 15 is 0 Å². The lowest BCUT2D eigenvalue weighted by atomic mass is 10.1. The summed E-state index contributed by atoms with van der Waals surface area (Å²) in [6.45, 7) is 4.56. The number of carbonyl (C=O) groups excluding carboxylic acids is 1. The second kappa shape index (κ2) is 7.36. The SMILES string of the molecule is CCCNC(CN1CCOCC1=O)c1ccccc1F. The van der Waals surface area contributed by atoms with Crippen LogP contribution in [0.25, 0.3) is 0 Å². The number of halogens is 1. The number of nitrogens with zero attached hydrogens (tertiary/aromatic N) is 1. The molecule has 1 aliphatic heterocycles. The van der Waals surface area contributed by atoms with Gasteiger partial charge in [0.15, 0.2) is 0 Å². The summed E-state index contributed by atoms with van der Waals surface area (Å²) in [5, 5.41) is 3.32. The highest BCUT2D eigenvalue weighted by atomic mass is 19.1. The van der Waals surface area contributed by atoms with Gasteiger partial charge in [0.1, 0.15) is 12.4 Å². The molecule has 0 aliphatic carbocycles. The van der Waals surface area contributed by atoms with Gasteiger partial charge in [-0.3, -0.25) is 4.79 Å². The van der Waals surface area contributed by atoms with Crippen LogP contribution in [0.1, 0.15) is 24.9 Å². The van der Waals surface area contributed by atoms with Crippen LogP contribution in [0.4, 0.5) is 4.39 Å². The normalized spacial score (nSPS) is 17.3. The van der Waals surface area contributed by atoms with E-state index in [4.69, 9.17) is 4.74 Å². The van der Waals surface area contributed by atoms with Gasteiger partial charge in [-0.25, -0.2) is 4.39 Å². The quantitative estimate of drug-likeness (QED) is 0.863. The molecule has 20 heavy (non-hydrogen) atoms. The van der Waals surface area contributed by atoms with Crippen LogP contribution in [0, 0.1) is 5.82 Å². The lowest BCUT2D eigenvalue weighted by Crippen LogP contribution is -2.46. The van der Waals surface area contributed by atoms with E-state index < -0.39 is 0 Å². The summed E-state index contributed by atoms with van der Waals surface area (Å²) in [7, 11) is 0. The highest BCUT2D eigenvalue weighted by Crippen LogP contribution is 2.19. The van der Waals surface area contributed by atoms with Gasteiger partial charge in [0.05, 0.1) is 12.6 Å². The first kappa shape index (κ1) is 14.9. The fraction of sp³-hybridized carbons (Fsp3) is 0.533.